The standard InChI is InChI=1S/C11H20N2OS/c1-3-7-15-8-6-12-9-11(14)13(2)10-4-5-10/h3,10,12H,1,4-9H2,2H3. The molecular formula is C11H20N2OS. The summed E-state index contributed by atoms with van der Waals surface area (Å²) < 4.78 is 0. The Morgan fingerprint density at radius 1 is 1.67 bits per heavy atom. The molecule has 4 heteroatoms. The van der Waals surface area contributed by atoms with Gasteiger partial charge >= 0.3 is 0 Å². The molecule has 0 spiro atoms. The highest BCUT2D eigenvalue weighted by Gasteiger charge is 2.28. The molecule has 0 saturated heterocycles. The van der Waals surface area contributed by atoms with Crippen LogP contribution in [0.4, 0.5) is 0 Å². The summed E-state index contributed by atoms with van der Waals surface area (Å²) in [5.74, 6) is 2.23. The third-order valence-corrected chi connectivity index (χ3v) is 3.39. The van der Waals surface area contributed by atoms with Crippen molar-refractivity contribution in [3.8, 4) is 0 Å². The first-order valence-corrected chi connectivity index (χ1v) is 6.56. The average molecular weight is 228 g/mol. The molecule has 3 nitrogen and oxygen atoms in total. The lowest BCUT2D eigenvalue weighted by Crippen LogP contribution is -2.37. The van der Waals surface area contributed by atoms with E-state index in [1.807, 2.05) is 29.8 Å². The van der Waals surface area contributed by atoms with Crippen molar-refractivity contribution >= 4 is 17.7 Å². The zero-order valence-corrected chi connectivity index (χ0v) is 10.2. The molecule has 1 amide bonds. The Hall–Kier alpha value is -0.480. The molecule has 0 aromatic carbocycles. The maximum atomic E-state index is 11.6. The van der Waals surface area contributed by atoms with Crippen molar-refractivity contribution in [3.05, 3.63) is 12.7 Å². The SMILES string of the molecule is C=CCSCCNCC(=O)N(C)C1CC1. The Kier molecular flexibility index (Phi) is 5.79. The van der Waals surface area contributed by atoms with Crippen LogP contribution in [0.1, 0.15) is 12.8 Å². The molecule has 1 N–H and O–H groups in total. The second kappa shape index (κ2) is 6.90. The first kappa shape index (κ1) is 12.6. The molecule has 1 fully saturated rings. The van der Waals surface area contributed by atoms with Crippen LogP contribution in [-0.4, -0.2) is 48.5 Å². The topological polar surface area (TPSA) is 32.3 Å². The summed E-state index contributed by atoms with van der Waals surface area (Å²) >= 11 is 1.83. The van der Waals surface area contributed by atoms with Gasteiger partial charge in [-0.05, 0) is 12.8 Å². The fourth-order valence-electron chi connectivity index (χ4n) is 1.30. The van der Waals surface area contributed by atoms with E-state index in [4.69, 9.17) is 0 Å². The summed E-state index contributed by atoms with van der Waals surface area (Å²) in [7, 11) is 1.90. The van der Waals surface area contributed by atoms with E-state index in [0.717, 1.165) is 18.1 Å². The zero-order valence-electron chi connectivity index (χ0n) is 9.37. The normalized spacial score (nSPS) is 15.0. The molecule has 0 heterocycles. The molecule has 15 heavy (non-hydrogen) atoms. The van der Waals surface area contributed by atoms with Crippen LogP contribution in [0, 0.1) is 0 Å². The predicted molar refractivity (Wildman–Crippen MR) is 66.2 cm³/mol. The summed E-state index contributed by atoms with van der Waals surface area (Å²) in [4.78, 5) is 13.4. The number of rotatable bonds is 8. The zero-order chi connectivity index (χ0) is 11.1. The van der Waals surface area contributed by atoms with Gasteiger partial charge in [0.1, 0.15) is 0 Å². The number of nitrogens with one attached hydrogen (secondary N) is 1. The number of thioether (sulfide) groups is 1. The van der Waals surface area contributed by atoms with Crippen LogP contribution >= 0.6 is 11.8 Å². The van der Waals surface area contributed by atoms with Crippen molar-refractivity contribution < 1.29 is 4.79 Å². The number of amides is 1. The van der Waals surface area contributed by atoms with Crippen molar-refractivity contribution in [2.75, 3.05) is 31.6 Å². The van der Waals surface area contributed by atoms with E-state index < -0.39 is 0 Å². The van der Waals surface area contributed by atoms with Gasteiger partial charge in [0, 0.05) is 31.1 Å². The van der Waals surface area contributed by atoms with E-state index in [-0.39, 0.29) is 5.91 Å². The van der Waals surface area contributed by atoms with E-state index >= 15 is 0 Å². The van der Waals surface area contributed by atoms with Gasteiger partial charge < -0.3 is 10.2 Å². The summed E-state index contributed by atoms with van der Waals surface area (Å²) in [6.45, 7) is 5.02. The van der Waals surface area contributed by atoms with Crippen LogP contribution in [0.15, 0.2) is 12.7 Å². The van der Waals surface area contributed by atoms with Crippen molar-refractivity contribution in [2.45, 2.75) is 18.9 Å². The molecule has 1 aliphatic carbocycles. The van der Waals surface area contributed by atoms with Crippen LogP contribution in [0.2, 0.25) is 0 Å². The van der Waals surface area contributed by atoms with Gasteiger partial charge in [-0.1, -0.05) is 6.08 Å². The molecule has 0 aromatic heterocycles. The Morgan fingerprint density at radius 3 is 3.00 bits per heavy atom. The lowest BCUT2D eigenvalue weighted by molar-refractivity contribution is -0.129. The van der Waals surface area contributed by atoms with Gasteiger partial charge in [-0.2, -0.15) is 11.8 Å². The molecule has 0 aromatic rings. The molecule has 1 aliphatic rings. The average Bonchev–Trinajstić information content (AvgIpc) is 3.05. The fraction of sp³-hybridized carbons (Fsp3) is 0.727. The molecule has 1 saturated carbocycles. The number of carbonyl (C=O) groups is 1. The molecule has 0 unspecified atom stereocenters. The highest BCUT2D eigenvalue weighted by atomic mass is 32.2. The second-order valence-corrected chi connectivity index (χ2v) is 4.93. The van der Waals surface area contributed by atoms with Gasteiger partial charge in [0.2, 0.25) is 5.91 Å². The Morgan fingerprint density at radius 2 is 2.40 bits per heavy atom. The van der Waals surface area contributed by atoms with Crippen LogP contribution in [0.25, 0.3) is 0 Å². The summed E-state index contributed by atoms with van der Waals surface area (Å²) in [6, 6.07) is 0.523. The van der Waals surface area contributed by atoms with E-state index in [9.17, 15) is 4.79 Å². The lowest BCUT2D eigenvalue weighted by atomic mass is 10.4. The van der Waals surface area contributed by atoms with E-state index in [1.54, 1.807) is 0 Å². The fourth-order valence-corrected chi connectivity index (χ4v) is 1.92. The maximum absolute atomic E-state index is 11.6. The second-order valence-electron chi connectivity index (χ2n) is 3.78. The Balaban J connectivity index is 1.94. The molecular weight excluding hydrogens is 208 g/mol. The summed E-state index contributed by atoms with van der Waals surface area (Å²) in [5.41, 5.74) is 0. The van der Waals surface area contributed by atoms with Gasteiger partial charge in [-0.25, -0.2) is 0 Å². The maximum Gasteiger partial charge on any atom is 0.236 e. The molecule has 0 bridgehead atoms. The number of carbonyl (C=O) groups excluding carboxylic acids is 1. The van der Waals surface area contributed by atoms with Gasteiger partial charge in [0.25, 0.3) is 0 Å². The minimum Gasteiger partial charge on any atom is -0.342 e. The lowest BCUT2D eigenvalue weighted by Gasteiger charge is -2.16. The number of likely N-dealkylation sites (N-methyl/N-ethyl adjacent to an activating group) is 1. The highest BCUT2D eigenvalue weighted by molar-refractivity contribution is 7.99. The Labute approximate surface area is 96.3 Å². The van der Waals surface area contributed by atoms with Crippen molar-refractivity contribution in [1.29, 1.82) is 0 Å². The molecule has 0 radical (unpaired) electrons. The van der Waals surface area contributed by atoms with Crippen LogP contribution in [0.5, 0.6) is 0 Å². The van der Waals surface area contributed by atoms with Crippen LogP contribution in [0.3, 0.4) is 0 Å². The number of hydrogen-bond donors (Lipinski definition) is 1. The number of hydrogen-bond acceptors (Lipinski definition) is 3. The quantitative estimate of drug-likeness (QED) is 0.499. The van der Waals surface area contributed by atoms with E-state index in [2.05, 4.69) is 11.9 Å². The summed E-state index contributed by atoms with van der Waals surface area (Å²) in [5, 5.41) is 3.16. The molecule has 1 rings (SSSR count). The third-order valence-electron chi connectivity index (χ3n) is 2.42. The van der Waals surface area contributed by atoms with Gasteiger partial charge in [0.15, 0.2) is 0 Å². The third kappa shape index (κ3) is 5.23. The largest absolute Gasteiger partial charge is 0.342 e. The minimum absolute atomic E-state index is 0.214. The van der Waals surface area contributed by atoms with Crippen LogP contribution in [-0.2, 0) is 4.79 Å². The van der Waals surface area contributed by atoms with Crippen molar-refractivity contribution in [2.24, 2.45) is 0 Å². The summed E-state index contributed by atoms with van der Waals surface area (Å²) in [6.07, 6.45) is 4.26. The first-order chi connectivity index (χ1) is 7.25. The van der Waals surface area contributed by atoms with E-state index in [1.165, 1.54) is 12.8 Å². The van der Waals surface area contributed by atoms with E-state index in [0.29, 0.717) is 12.6 Å². The van der Waals surface area contributed by atoms with Crippen LogP contribution < -0.4 is 5.32 Å². The monoisotopic (exact) mass is 228 g/mol. The van der Waals surface area contributed by atoms with Crippen molar-refractivity contribution in [3.63, 3.8) is 0 Å². The van der Waals surface area contributed by atoms with Gasteiger partial charge in [0.05, 0.1) is 6.54 Å². The van der Waals surface area contributed by atoms with Crippen molar-refractivity contribution in [1.82, 2.24) is 10.2 Å². The predicted octanol–water partition coefficient (Wildman–Crippen LogP) is 1.12. The smallest absolute Gasteiger partial charge is 0.236 e. The molecule has 0 aliphatic heterocycles. The highest BCUT2D eigenvalue weighted by Crippen LogP contribution is 2.24. The first-order valence-electron chi connectivity index (χ1n) is 5.40. The van der Waals surface area contributed by atoms with Gasteiger partial charge in [-0.3, -0.25) is 4.79 Å². The van der Waals surface area contributed by atoms with Gasteiger partial charge in [-0.15, -0.1) is 6.58 Å². The number of nitrogens with zero attached hydrogens (tertiary/aromatic N) is 1. The molecule has 0 atom stereocenters. The Bertz CT molecular complexity index is 217. The minimum atomic E-state index is 0.214. The molecule has 86 valence electrons.